The quantitative estimate of drug-likeness (QED) is 0.271. The summed E-state index contributed by atoms with van der Waals surface area (Å²) in [7, 11) is 0. The standard InChI is InChI=1S/C31H30N2O4/c1-23(25-13-7-3-8-14-25)30(34)33-29(22-36-21-24-11-5-2-6-12-24)31(35)32-26-17-19-28(20-18-26)37-27-15-9-4-10-16-27/h2-20,23,29H,21-22H2,1H3,(H,32,35)(H,33,34). The van der Waals surface area contributed by atoms with Crippen molar-refractivity contribution in [2.75, 3.05) is 11.9 Å². The largest absolute Gasteiger partial charge is 0.457 e. The van der Waals surface area contributed by atoms with Gasteiger partial charge in [0.15, 0.2) is 0 Å². The molecule has 4 aromatic rings. The van der Waals surface area contributed by atoms with Gasteiger partial charge in [-0.25, -0.2) is 0 Å². The Morgan fingerprint density at radius 1 is 0.703 bits per heavy atom. The third kappa shape index (κ3) is 7.78. The number of hydrogen-bond donors (Lipinski definition) is 2. The zero-order valence-electron chi connectivity index (χ0n) is 20.7. The van der Waals surface area contributed by atoms with Gasteiger partial charge < -0.3 is 20.1 Å². The third-order valence-electron chi connectivity index (χ3n) is 5.82. The number of amides is 2. The molecule has 0 bridgehead atoms. The second kappa shape index (κ2) is 13.0. The summed E-state index contributed by atoms with van der Waals surface area (Å²) in [6, 6.07) is 34.8. The van der Waals surface area contributed by atoms with Crippen LogP contribution in [0, 0.1) is 0 Å². The molecule has 2 N–H and O–H groups in total. The van der Waals surface area contributed by atoms with Crippen molar-refractivity contribution in [3.63, 3.8) is 0 Å². The van der Waals surface area contributed by atoms with E-state index in [1.165, 1.54) is 0 Å². The minimum Gasteiger partial charge on any atom is -0.457 e. The van der Waals surface area contributed by atoms with Crippen LogP contribution in [0.4, 0.5) is 5.69 Å². The average Bonchev–Trinajstić information content (AvgIpc) is 2.94. The second-order valence-electron chi connectivity index (χ2n) is 8.62. The fourth-order valence-corrected chi connectivity index (χ4v) is 3.70. The predicted octanol–water partition coefficient (Wildman–Crippen LogP) is 5.92. The number of rotatable bonds is 11. The Morgan fingerprint density at radius 2 is 1.27 bits per heavy atom. The van der Waals surface area contributed by atoms with Gasteiger partial charge in [-0.05, 0) is 54.4 Å². The van der Waals surface area contributed by atoms with E-state index in [1.54, 1.807) is 24.3 Å². The highest BCUT2D eigenvalue weighted by molar-refractivity contribution is 5.98. The Bertz CT molecular complexity index is 1260. The molecule has 4 aromatic carbocycles. The molecular weight excluding hydrogens is 464 g/mol. The van der Waals surface area contributed by atoms with Crippen molar-refractivity contribution < 1.29 is 19.1 Å². The molecule has 0 aliphatic carbocycles. The molecule has 0 fully saturated rings. The van der Waals surface area contributed by atoms with Gasteiger partial charge in [0.2, 0.25) is 11.8 Å². The molecule has 37 heavy (non-hydrogen) atoms. The Morgan fingerprint density at radius 3 is 1.92 bits per heavy atom. The van der Waals surface area contributed by atoms with Crippen molar-refractivity contribution in [2.45, 2.75) is 25.5 Å². The lowest BCUT2D eigenvalue weighted by Gasteiger charge is -2.21. The number of hydrogen-bond acceptors (Lipinski definition) is 4. The molecule has 188 valence electrons. The van der Waals surface area contributed by atoms with Crippen LogP contribution in [0.1, 0.15) is 24.0 Å². The van der Waals surface area contributed by atoms with Gasteiger partial charge in [0, 0.05) is 5.69 Å². The maximum absolute atomic E-state index is 13.2. The van der Waals surface area contributed by atoms with E-state index < -0.39 is 12.0 Å². The molecule has 6 nitrogen and oxygen atoms in total. The fourth-order valence-electron chi connectivity index (χ4n) is 3.70. The Kier molecular flexibility index (Phi) is 9.05. The van der Waals surface area contributed by atoms with Crippen molar-refractivity contribution in [1.82, 2.24) is 5.32 Å². The predicted molar refractivity (Wildman–Crippen MR) is 144 cm³/mol. The molecular formula is C31H30N2O4. The first-order valence-corrected chi connectivity index (χ1v) is 12.2. The lowest BCUT2D eigenvalue weighted by Crippen LogP contribution is -2.48. The van der Waals surface area contributed by atoms with E-state index in [-0.39, 0.29) is 18.4 Å². The van der Waals surface area contributed by atoms with Crippen molar-refractivity contribution in [2.24, 2.45) is 0 Å². The molecule has 0 aliphatic rings. The van der Waals surface area contributed by atoms with Crippen LogP contribution in [-0.4, -0.2) is 24.5 Å². The zero-order chi connectivity index (χ0) is 25.9. The van der Waals surface area contributed by atoms with Crippen LogP contribution in [-0.2, 0) is 20.9 Å². The first kappa shape index (κ1) is 25.7. The molecule has 0 radical (unpaired) electrons. The molecule has 2 unspecified atom stereocenters. The first-order valence-electron chi connectivity index (χ1n) is 12.2. The molecule has 6 heteroatoms. The van der Waals surface area contributed by atoms with Crippen LogP contribution < -0.4 is 15.4 Å². The Balaban J connectivity index is 1.40. The van der Waals surface area contributed by atoms with Crippen LogP contribution in [0.3, 0.4) is 0 Å². The van der Waals surface area contributed by atoms with E-state index in [4.69, 9.17) is 9.47 Å². The van der Waals surface area contributed by atoms with E-state index in [9.17, 15) is 9.59 Å². The van der Waals surface area contributed by atoms with Gasteiger partial charge in [-0.2, -0.15) is 0 Å². The maximum atomic E-state index is 13.2. The minimum atomic E-state index is -0.873. The highest BCUT2D eigenvalue weighted by atomic mass is 16.5. The lowest BCUT2D eigenvalue weighted by molar-refractivity contribution is -0.128. The first-order chi connectivity index (χ1) is 18.1. The van der Waals surface area contributed by atoms with E-state index >= 15 is 0 Å². The minimum absolute atomic E-state index is 0.0309. The molecule has 2 atom stereocenters. The summed E-state index contributed by atoms with van der Waals surface area (Å²) < 4.78 is 11.6. The number of benzene rings is 4. The summed E-state index contributed by atoms with van der Waals surface area (Å²) in [5, 5.41) is 5.74. The summed E-state index contributed by atoms with van der Waals surface area (Å²) in [4.78, 5) is 26.2. The van der Waals surface area contributed by atoms with E-state index in [2.05, 4.69) is 10.6 Å². The fraction of sp³-hybridized carbons (Fsp3) is 0.161. The van der Waals surface area contributed by atoms with Gasteiger partial charge in [0.25, 0.3) is 0 Å². The molecule has 0 saturated carbocycles. The van der Waals surface area contributed by atoms with Gasteiger partial charge in [-0.15, -0.1) is 0 Å². The van der Waals surface area contributed by atoms with Crippen molar-refractivity contribution in [3.8, 4) is 11.5 Å². The Labute approximate surface area is 217 Å². The van der Waals surface area contributed by atoms with Gasteiger partial charge in [0.1, 0.15) is 17.5 Å². The van der Waals surface area contributed by atoms with Gasteiger partial charge in [-0.1, -0.05) is 78.9 Å². The highest BCUT2D eigenvalue weighted by Gasteiger charge is 2.25. The maximum Gasteiger partial charge on any atom is 0.249 e. The topological polar surface area (TPSA) is 76.7 Å². The van der Waals surface area contributed by atoms with Crippen LogP contribution in [0.15, 0.2) is 115 Å². The lowest BCUT2D eigenvalue weighted by atomic mass is 10.00. The normalized spacial score (nSPS) is 12.2. The summed E-state index contributed by atoms with van der Waals surface area (Å²) in [5.41, 5.74) is 2.45. The molecule has 0 spiro atoms. The van der Waals surface area contributed by atoms with Crippen LogP contribution in [0.25, 0.3) is 0 Å². The molecule has 2 amide bonds. The Hall–Kier alpha value is -4.42. The smallest absolute Gasteiger partial charge is 0.249 e. The third-order valence-corrected chi connectivity index (χ3v) is 5.82. The highest BCUT2D eigenvalue weighted by Crippen LogP contribution is 2.23. The molecule has 0 aromatic heterocycles. The number of carbonyl (C=O) groups is 2. The molecule has 0 heterocycles. The number of para-hydroxylation sites is 1. The SMILES string of the molecule is CC(C(=O)NC(COCc1ccccc1)C(=O)Nc1ccc(Oc2ccccc2)cc1)c1ccccc1. The van der Waals surface area contributed by atoms with E-state index in [0.717, 1.165) is 16.9 Å². The van der Waals surface area contributed by atoms with E-state index in [1.807, 2.05) is 97.9 Å². The van der Waals surface area contributed by atoms with Gasteiger partial charge >= 0.3 is 0 Å². The summed E-state index contributed by atoms with van der Waals surface area (Å²) in [5.74, 6) is 0.349. The van der Waals surface area contributed by atoms with Crippen LogP contribution in [0.5, 0.6) is 11.5 Å². The van der Waals surface area contributed by atoms with Gasteiger partial charge in [0.05, 0.1) is 19.1 Å². The number of nitrogens with one attached hydrogen (secondary N) is 2. The average molecular weight is 495 g/mol. The second-order valence-corrected chi connectivity index (χ2v) is 8.62. The molecule has 4 rings (SSSR count). The monoisotopic (exact) mass is 494 g/mol. The zero-order valence-corrected chi connectivity index (χ0v) is 20.7. The number of ether oxygens (including phenoxy) is 2. The summed E-state index contributed by atoms with van der Waals surface area (Å²) in [6.45, 7) is 2.18. The van der Waals surface area contributed by atoms with Crippen molar-refractivity contribution >= 4 is 17.5 Å². The molecule has 0 saturated heterocycles. The van der Waals surface area contributed by atoms with Gasteiger partial charge in [-0.3, -0.25) is 9.59 Å². The summed E-state index contributed by atoms with van der Waals surface area (Å²) in [6.07, 6.45) is 0. The van der Waals surface area contributed by atoms with Crippen molar-refractivity contribution in [1.29, 1.82) is 0 Å². The van der Waals surface area contributed by atoms with Crippen LogP contribution in [0.2, 0.25) is 0 Å². The number of carbonyl (C=O) groups excluding carboxylic acids is 2. The van der Waals surface area contributed by atoms with Crippen LogP contribution >= 0.6 is 0 Å². The molecule has 0 aliphatic heterocycles. The van der Waals surface area contributed by atoms with Crippen molar-refractivity contribution in [3.05, 3.63) is 126 Å². The summed E-state index contributed by atoms with van der Waals surface area (Å²) >= 11 is 0. The van der Waals surface area contributed by atoms with E-state index in [0.29, 0.717) is 18.0 Å². The number of anilines is 1.